The van der Waals surface area contributed by atoms with Crippen LogP contribution in [0.1, 0.15) is 37.4 Å². The van der Waals surface area contributed by atoms with Crippen LogP contribution >= 0.6 is 0 Å². The molecule has 1 N–H and O–H groups in total. The number of sulfonamides is 1. The number of hydrogen-bond acceptors (Lipinski definition) is 3. The number of rotatable bonds is 5. The Morgan fingerprint density at radius 2 is 2.05 bits per heavy atom. The van der Waals surface area contributed by atoms with Gasteiger partial charge in [0.1, 0.15) is 6.04 Å². The summed E-state index contributed by atoms with van der Waals surface area (Å²) in [4.78, 5) is 11.6. The van der Waals surface area contributed by atoms with Crippen molar-refractivity contribution >= 4 is 16.0 Å². The summed E-state index contributed by atoms with van der Waals surface area (Å²) in [7, 11) is -3.56. The highest BCUT2D eigenvalue weighted by Gasteiger charge is 2.39. The Balaban J connectivity index is 2.34. The largest absolute Gasteiger partial charge is 0.480 e. The summed E-state index contributed by atoms with van der Waals surface area (Å²) in [5.74, 6) is -0.855. The van der Waals surface area contributed by atoms with Gasteiger partial charge >= 0.3 is 5.97 Å². The lowest BCUT2D eigenvalue weighted by molar-refractivity contribution is -0.142. The minimum absolute atomic E-state index is 0.00336. The van der Waals surface area contributed by atoms with Crippen molar-refractivity contribution in [3.8, 4) is 0 Å². The molecule has 0 fully saturated rings. The predicted molar refractivity (Wildman–Crippen MR) is 80.5 cm³/mol. The van der Waals surface area contributed by atoms with E-state index < -0.39 is 22.0 Å². The lowest BCUT2D eigenvalue weighted by atomic mass is 9.94. The van der Waals surface area contributed by atoms with Gasteiger partial charge in [0.25, 0.3) is 0 Å². The first-order valence-electron chi connectivity index (χ1n) is 7.13. The maximum Gasteiger partial charge on any atom is 0.326 e. The summed E-state index contributed by atoms with van der Waals surface area (Å²) >= 11 is 0. The lowest BCUT2D eigenvalue weighted by Crippen LogP contribution is -2.44. The third-order valence-electron chi connectivity index (χ3n) is 3.78. The molecule has 1 unspecified atom stereocenters. The van der Waals surface area contributed by atoms with Crippen LogP contribution in [0.4, 0.5) is 0 Å². The summed E-state index contributed by atoms with van der Waals surface area (Å²) in [5.41, 5.74) is 1.50. The van der Waals surface area contributed by atoms with E-state index in [-0.39, 0.29) is 18.2 Å². The van der Waals surface area contributed by atoms with Crippen molar-refractivity contribution in [2.24, 2.45) is 5.92 Å². The van der Waals surface area contributed by atoms with Crippen LogP contribution in [0.25, 0.3) is 0 Å². The Labute approximate surface area is 125 Å². The first-order valence-corrected chi connectivity index (χ1v) is 8.74. The molecule has 5 nitrogen and oxygen atoms in total. The van der Waals surface area contributed by atoms with Gasteiger partial charge in [0.05, 0.1) is 5.75 Å². The molecule has 0 spiro atoms. The topological polar surface area (TPSA) is 74.7 Å². The number of benzene rings is 1. The van der Waals surface area contributed by atoms with E-state index in [4.69, 9.17) is 0 Å². The predicted octanol–water partition coefficient (Wildman–Crippen LogP) is 2.05. The van der Waals surface area contributed by atoms with Crippen molar-refractivity contribution in [3.63, 3.8) is 0 Å². The molecule has 6 heteroatoms. The minimum atomic E-state index is -3.56. The van der Waals surface area contributed by atoms with Gasteiger partial charge in [-0.15, -0.1) is 0 Å². The Morgan fingerprint density at radius 3 is 2.67 bits per heavy atom. The van der Waals surface area contributed by atoms with Crippen LogP contribution < -0.4 is 0 Å². The molecule has 2 rings (SSSR count). The summed E-state index contributed by atoms with van der Waals surface area (Å²) in [5, 5.41) is 9.49. The van der Waals surface area contributed by atoms with Crippen LogP contribution in [-0.4, -0.2) is 36.1 Å². The van der Waals surface area contributed by atoms with Crippen LogP contribution in [0.15, 0.2) is 24.3 Å². The van der Waals surface area contributed by atoms with E-state index in [2.05, 4.69) is 0 Å². The molecule has 1 heterocycles. The first-order chi connectivity index (χ1) is 9.83. The second-order valence-corrected chi connectivity index (χ2v) is 7.84. The monoisotopic (exact) mass is 311 g/mol. The molecule has 1 aromatic rings. The van der Waals surface area contributed by atoms with Crippen LogP contribution in [0, 0.1) is 5.92 Å². The Hall–Kier alpha value is -1.40. The van der Waals surface area contributed by atoms with Gasteiger partial charge in [-0.3, -0.25) is 4.79 Å². The molecule has 21 heavy (non-hydrogen) atoms. The fraction of sp³-hybridized carbons (Fsp3) is 0.533. The highest BCUT2D eigenvalue weighted by atomic mass is 32.2. The quantitative estimate of drug-likeness (QED) is 0.903. The van der Waals surface area contributed by atoms with Crippen molar-refractivity contribution in [1.82, 2.24) is 4.31 Å². The summed E-state index contributed by atoms with van der Waals surface area (Å²) < 4.78 is 26.1. The van der Waals surface area contributed by atoms with E-state index >= 15 is 0 Å². The van der Waals surface area contributed by atoms with Gasteiger partial charge in [0, 0.05) is 6.54 Å². The zero-order chi connectivity index (χ0) is 15.6. The van der Waals surface area contributed by atoms with Crippen molar-refractivity contribution in [1.29, 1.82) is 0 Å². The van der Waals surface area contributed by atoms with Gasteiger partial charge in [-0.2, -0.15) is 4.31 Å². The van der Waals surface area contributed by atoms with E-state index in [1.807, 2.05) is 26.0 Å². The Kier molecular flexibility index (Phi) is 4.68. The van der Waals surface area contributed by atoms with Crippen LogP contribution in [-0.2, 0) is 21.2 Å². The molecule has 1 aromatic carbocycles. The van der Waals surface area contributed by atoms with Crippen molar-refractivity contribution in [2.45, 2.75) is 32.7 Å². The number of aliphatic carboxylic acids is 1. The smallest absolute Gasteiger partial charge is 0.326 e. The molecular weight excluding hydrogens is 290 g/mol. The van der Waals surface area contributed by atoms with Gasteiger partial charge in [0.15, 0.2) is 0 Å². The lowest BCUT2D eigenvalue weighted by Gasteiger charge is -2.33. The minimum Gasteiger partial charge on any atom is -0.480 e. The average molecular weight is 311 g/mol. The molecule has 116 valence electrons. The summed E-state index contributed by atoms with van der Waals surface area (Å²) in [6.45, 7) is 4.14. The van der Waals surface area contributed by atoms with Gasteiger partial charge in [0.2, 0.25) is 10.0 Å². The van der Waals surface area contributed by atoms with Gasteiger partial charge in [-0.25, -0.2) is 8.42 Å². The molecule has 1 aliphatic heterocycles. The van der Waals surface area contributed by atoms with Crippen molar-refractivity contribution < 1.29 is 18.3 Å². The highest BCUT2D eigenvalue weighted by Crippen LogP contribution is 2.32. The molecular formula is C15H21NO4S. The molecule has 0 amide bonds. The number of carbonyl (C=O) groups is 1. The van der Waals surface area contributed by atoms with Gasteiger partial charge < -0.3 is 5.11 Å². The van der Waals surface area contributed by atoms with Crippen LogP contribution in [0.3, 0.4) is 0 Å². The number of hydrogen-bond donors (Lipinski definition) is 1. The van der Waals surface area contributed by atoms with E-state index in [9.17, 15) is 18.3 Å². The number of nitrogens with zero attached hydrogens (tertiary/aromatic N) is 1. The third kappa shape index (κ3) is 3.44. The first kappa shape index (κ1) is 16.0. The fourth-order valence-corrected chi connectivity index (χ4v) is 4.50. The Bertz CT molecular complexity index is 624. The summed E-state index contributed by atoms with van der Waals surface area (Å²) in [6, 6.07) is 6.06. The molecule has 0 saturated carbocycles. The van der Waals surface area contributed by atoms with Crippen molar-refractivity contribution in [3.05, 3.63) is 35.4 Å². The van der Waals surface area contributed by atoms with Crippen LogP contribution in [0.2, 0.25) is 0 Å². The van der Waals surface area contributed by atoms with E-state index in [1.165, 1.54) is 0 Å². The van der Waals surface area contributed by atoms with E-state index in [0.29, 0.717) is 18.4 Å². The average Bonchev–Trinajstić information content (AvgIpc) is 2.43. The SMILES string of the molecule is CC(C)CCS(=O)(=O)N1CCc2ccccc2C1C(=O)O. The third-order valence-corrected chi connectivity index (χ3v) is 5.64. The van der Waals surface area contributed by atoms with E-state index in [0.717, 1.165) is 9.87 Å². The normalized spacial score (nSPS) is 19.5. The highest BCUT2D eigenvalue weighted by molar-refractivity contribution is 7.89. The van der Waals surface area contributed by atoms with E-state index in [1.54, 1.807) is 12.1 Å². The van der Waals surface area contributed by atoms with Gasteiger partial charge in [-0.05, 0) is 29.9 Å². The molecule has 1 atom stereocenters. The maximum atomic E-state index is 12.5. The zero-order valence-corrected chi connectivity index (χ0v) is 13.1. The molecule has 0 bridgehead atoms. The molecule has 0 saturated heterocycles. The Morgan fingerprint density at radius 1 is 1.38 bits per heavy atom. The van der Waals surface area contributed by atoms with Crippen LogP contribution in [0.5, 0.6) is 0 Å². The number of carboxylic acid groups (broad SMARTS) is 1. The van der Waals surface area contributed by atoms with Gasteiger partial charge in [-0.1, -0.05) is 38.1 Å². The maximum absolute atomic E-state index is 12.5. The second-order valence-electron chi connectivity index (χ2n) is 5.80. The standard InChI is InChI=1S/C15H21NO4S/c1-11(2)8-10-21(19,20)16-9-7-12-5-3-4-6-13(12)14(16)15(17)18/h3-6,11,14H,7-10H2,1-2H3,(H,17,18). The molecule has 0 aromatic heterocycles. The fourth-order valence-electron chi connectivity index (χ4n) is 2.60. The van der Waals surface area contributed by atoms with Crippen molar-refractivity contribution in [2.75, 3.05) is 12.3 Å². The second kappa shape index (κ2) is 6.15. The molecule has 1 aliphatic rings. The number of fused-ring (bicyclic) bond motifs is 1. The summed E-state index contributed by atoms with van der Waals surface area (Å²) in [6.07, 6.45) is 1.09. The zero-order valence-electron chi connectivity index (χ0n) is 12.3. The molecule has 0 aliphatic carbocycles. The molecule has 0 radical (unpaired) electrons. The number of carboxylic acids is 1.